The van der Waals surface area contributed by atoms with Crippen molar-refractivity contribution < 1.29 is 0 Å². The van der Waals surface area contributed by atoms with E-state index in [0.717, 1.165) is 13.1 Å². The lowest BCUT2D eigenvalue weighted by atomic mass is 9.88. The molecule has 1 saturated heterocycles. The first kappa shape index (κ1) is 14.0. The highest BCUT2D eigenvalue weighted by Gasteiger charge is 2.27. The van der Waals surface area contributed by atoms with Gasteiger partial charge in [-0.05, 0) is 39.3 Å². The van der Waals surface area contributed by atoms with Crippen molar-refractivity contribution in [1.29, 1.82) is 0 Å². The van der Waals surface area contributed by atoms with E-state index >= 15 is 0 Å². The molecule has 1 atom stereocenters. The molecule has 0 aromatic carbocycles. The lowest BCUT2D eigenvalue weighted by molar-refractivity contribution is 0.346. The van der Waals surface area contributed by atoms with Crippen LogP contribution in [0.2, 0.25) is 0 Å². The highest BCUT2D eigenvalue weighted by molar-refractivity contribution is 5.85. The minimum atomic E-state index is 0. The highest BCUT2D eigenvalue weighted by atomic mass is 35.5. The fourth-order valence-corrected chi connectivity index (χ4v) is 1.29. The Morgan fingerprint density at radius 3 is 2.09 bits per heavy atom. The molecule has 1 fully saturated rings. The van der Waals surface area contributed by atoms with Gasteiger partial charge in [0.1, 0.15) is 0 Å². The van der Waals surface area contributed by atoms with Crippen LogP contribution in [0.15, 0.2) is 0 Å². The first-order chi connectivity index (χ1) is 4.11. The maximum atomic E-state index is 5.90. The summed E-state index contributed by atoms with van der Waals surface area (Å²) in [5.74, 6) is 0.678. The second-order valence-corrected chi connectivity index (χ2v) is 3.51. The highest BCUT2D eigenvalue weighted by Crippen LogP contribution is 2.19. The fraction of sp³-hybridized carbons (Fsp3) is 1.00. The van der Waals surface area contributed by atoms with E-state index in [1.54, 1.807) is 0 Å². The number of hydrogen-bond donors (Lipinski definition) is 2. The first-order valence-electron chi connectivity index (χ1n) is 3.60. The summed E-state index contributed by atoms with van der Waals surface area (Å²) in [6.45, 7) is 6.45. The Bertz CT molecular complexity index is 95.1. The zero-order valence-corrected chi connectivity index (χ0v) is 8.73. The molecule has 0 radical (unpaired) electrons. The predicted molar refractivity (Wildman–Crippen MR) is 53.7 cm³/mol. The molecule has 0 aromatic heterocycles. The fourth-order valence-electron chi connectivity index (χ4n) is 1.29. The number of nitrogens with two attached hydrogens (primary N) is 1. The smallest absolute Gasteiger partial charge is 0.0138 e. The summed E-state index contributed by atoms with van der Waals surface area (Å²) in [4.78, 5) is 0. The van der Waals surface area contributed by atoms with E-state index in [2.05, 4.69) is 19.2 Å². The van der Waals surface area contributed by atoms with E-state index in [0.29, 0.717) is 5.92 Å². The number of rotatable bonds is 1. The van der Waals surface area contributed by atoms with Crippen LogP contribution in [0.3, 0.4) is 0 Å². The van der Waals surface area contributed by atoms with Crippen LogP contribution in [0.5, 0.6) is 0 Å². The number of nitrogens with one attached hydrogen (secondary N) is 1. The van der Waals surface area contributed by atoms with Crippen molar-refractivity contribution in [3.8, 4) is 0 Å². The Balaban J connectivity index is 0. The molecule has 1 aliphatic heterocycles. The van der Waals surface area contributed by atoms with Gasteiger partial charge in [0, 0.05) is 5.54 Å². The van der Waals surface area contributed by atoms with Gasteiger partial charge in [0.05, 0.1) is 0 Å². The van der Waals surface area contributed by atoms with Gasteiger partial charge < -0.3 is 11.1 Å². The topological polar surface area (TPSA) is 38.0 Å². The van der Waals surface area contributed by atoms with E-state index in [1.807, 2.05) is 0 Å². The SMILES string of the molecule is CC(C)(N)C1CCNC1.Cl.Cl. The van der Waals surface area contributed by atoms with Crippen LogP contribution in [0.1, 0.15) is 20.3 Å². The summed E-state index contributed by atoms with van der Waals surface area (Å²) in [6, 6.07) is 0. The third kappa shape index (κ3) is 4.16. The minimum absolute atomic E-state index is 0. The molecule has 3 N–H and O–H groups in total. The average molecular weight is 201 g/mol. The molecular formula is C7H18Cl2N2. The third-order valence-corrected chi connectivity index (χ3v) is 2.11. The molecule has 0 aromatic rings. The minimum Gasteiger partial charge on any atom is -0.325 e. The molecule has 1 aliphatic rings. The zero-order chi connectivity index (χ0) is 6.91. The van der Waals surface area contributed by atoms with Gasteiger partial charge in [0.2, 0.25) is 0 Å². The Morgan fingerprint density at radius 2 is 1.91 bits per heavy atom. The van der Waals surface area contributed by atoms with Crippen LogP contribution in [-0.4, -0.2) is 18.6 Å². The Hall–Kier alpha value is 0.500. The van der Waals surface area contributed by atoms with Crippen molar-refractivity contribution in [3.05, 3.63) is 0 Å². The first-order valence-corrected chi connectivity index (χ1v) is 3.60. The summed E-state index contributed by atoms with van der Waals surface area (Å²) >= 11 is 0. The molecule has 0 spiro atoms. The molecule has 1 unspecified atom stereocenters. The van der Waals surface area contributed by atoms with E-state index in [-0.39, 0.29) is 30.4 Å². The molecule has 11 heavy (non-hydrogen) atoms. The normalized spacial score (nSPS) is 23.7. The molecule has 0 amide bonds. The Labute approximate surface area is 81.1 Å². The zero-order valence-electron chi connectivity index (χ0n) is 7.09. The molecular weight excluding hydrogens is 183 g/mol. The Morgan fingerprint density at radius 1 is 1.36 bits per heavy atom. The molecule has 0 aliphatic carbocycles. The van der Waals surface area contributed by atoms with Crippen LogP contribution in [-0.2, 0) is 0 Å². The summed E-state index contributed by atoms with van der Waals surface area (Å²) in [6.07, 6.45) is 1.24. The van der Waals surface area contributed by atoms with Gasteiger partial charge in [0.15, 0.2) is 0 Å². The monoisotopic (exact) mass is 200 g/mol. The van der Waals surface area contributed by atoms with E-state index in [9.17, 15) is 0 Å². The number of halogens is 2. The summed E-state index contributed by atoms with van der Waals surface area (Å²) in [5.41, 5.74) is 5.92. The van der Waals surface area contributed by atoms with Crippen LogP contribution in [0.4, 0.5) is 0 Å². The van der Waals surface area contributed by atoms with E-state index < -0.39 is 0 Å². The molecule has 4 heteroatoms. The lowest BCUT2D eigenvalue weighted by Gasteiger charge is -2.25. The molecule has 0 saturated carbocycles. The van der Waals surface area contributed by atoms with Crippen molar-refractivity contribution >= 4 is 24.8 Å². The Kier molecular flexibility index (Phi) is 6.64. The van der Waals surface area contributed by atoms with Crippen molar-refractivity contribution in [2.45, 2.75) is 25.8 Å². The van der Waals surface area contributed by atoms with Gasteiger partial charge in [-0.3, -0.25) is 0 Å². The quantitative estimate of drug-likeness (QED) is 0.668. The largest absolute Gasteiger partial charge is 0.325 e. The molecule has 1 rings (SSSR count). The summed E-state index contributed by atoms with van der Waals surface area (Å²) in [7, 11) is 0. The summed E-state index contributed by atoms with van der Waals surface area (Å²) < 4.78 is 0. The van der Waals surface area contributed by atoms with Crippen LogP contribution in [0, 0.1) is 5.92 Å². The van der Waals surface area contributed by atoms with Crippen LogP contribution >= 0.6 is 24.8 Å². The molecule has 2 nitrogen and oxygen atoms in total. The van der Waals surface area contributed by atoms with Gasteiger partial charge in [-0.2, -0.15) is 0 Å². The standard InChI is InChI=1S/C7H16N2.2ClH/c1-7(2,8)6-3-4-9-5-6;;/h6,9H,3-5,8H2,1-2H3;2*1H. The van der Waals surface area contributed by atoms with Crippen molar-refractivity contribution in [2.75, 3.05) is 13.1 Å². The van der Waals surface area contributed by atoms with Gasteiger partial charge in [-0.25, -0.2) is 0 Å². The second-order valence-electron chi connectivity index (χ2n) is 3.51. The van der Waals surface area contributed by atoms with E-state index in [4.69, 9.17) is 5.73 Å². The van der Waals surface area contributed by atoms with Gasteiger partial charge in [-0.1, -0.05) is 0 Å². The number of hydrogen-bond acceptors (Lipinski definition) is 2. The predicted octanol–water partition coefficient (Wildman–Crippen LogP) is 1.18. The molecule has 0 bridgehead atoms. The van der Waals surface area contributed by atoms with E-state index in [1.165, 1.54) is 6.42 Å². The molecule has 1 heterocycles. The van der Waals surface area contributed by atoms with Gasteiger partial charge in [0.25, 0.3) is 0 Å². The maximum Gasteiger partial charge on any atom is 0.0138 e. The average Bonchev–Trinajstić information content (AvgIpc) is 2.08. The summed E-state index contributed by atoms with van der Waals surface area (Å²) in [5, 5.41) is 3.30. The molecule has 70 valence electrons. The van der Waals surface area contributed by atoms with Gasteiger partial charge in [-0.15, -0.1) is 24.8 Å². The lowest BCUT2D eigenvalue weighted by Crippen LogP contribution is -2.41. The van der Waals surface area contributed by atoms with Crippen molar-refractivity contribution in [1.82, 2.24) is 5.32 Å². The maximum absolute atomic E-state index is 5.90. The van der Waals surface area contributed by atoms with Crippen LogP contribution < -0.4 is 11.1 Å². The van der Waals surface area contributed by atoms with Crippen molar-refractivity contribution in [2.24, 2.45) is 11.7 Å². The van der Waals surface area contributed by atoms with Gasteiger partial charge >= 0.3 is 0 Å². The van der Waals surface area contributed by atoms with Crippen molar-refractivity contribution in [3.63, 3.8) is 0 Å². The second kappa shape index (κ2) is 5.20. The third-order valence-electron chi connectivity index (χ3n) is 2.11. The van der Waals surface area contributed by atoms with Crippen LogP contribution in [0.25, 0.3) is 0 Å².